The molecule has 0 bridgehead atoms. The summed E-state index contributed by atoms with van der Waals surface area (Å²) in [4.78, 5) is 4.60. The van der Waals surface area contributed by atoms with Crippen LogP contribution < -0.4 is 0 Å². The minimum Gasteiger partial charge on any atom is -0.458 e. The van der Waals surface area contributed by atoms with E-state index in [0.717, 1.165) is 24.1 Å². The van der Waals surface area contributed by atoms with Crippen LogP contribution in [0.25, 0.3) is 11.0 Å². The lowest BCUT2D eigenvalue weighted by Gasteiger charge is -2.23. The molecule has 0 aliphatic carbocycles. The minimum absolute atomic E-state index is 0.563. The monoisotopic (exact) mass is 288 g/mol. The van der Waals surface area contributed by atoms with Crippen LogP contribution in [0.5, 0.6) is 0 Å². The highest BCUT2D eigenvalue weighted by Gasteiger charge is 2.32. The highest BCUT2D eigenvalue weighted by molar-refractivity contribution is 5.77. The van der Waals surface area contributed by atoms with Gasteiger partial charge in [0.25, 0.3) is 0 Å². The first kappa shape index (κ1) is 14.6. The van der Waals surface area contributed by atoms with Gasteiger partial charge < -0.3 is 14.4 Å². The molecule has 1 aliphatic heterocycles. The van der Waals surface area contributed by atoms with E-state index in [1.165, 1.54) is 0 Å². The fourth-order valence-corrected chi connectivity index (χ4v) is 3.37. The molecule has 1 N–H and O–H groups in total. The predicted molar refractivity (Wildman–Crippen MR) is 84.3 cm³/mol. The quantitative estimate of drug-likeness (QED) is 0.937. The zero-order valence-electron chi connectivity index (χ0n) is 13.0. The van der Waals surface area contributed by atoms with Crippen LogP contribution in [0.3, 0.4) is 0 Å². The Morgan fingerprint density at radius 1 is 1.33 bits per heavy atom. The van der Waals surface area contributed by atoms with Gasteiger partial charge in [-0.15, -0.1) is 0 Å². The third kappa shape index (κ3) is 2.98. The molecular weight excluding hydrogens is 264 g/mol. The number of aliphatic hydroxyl groups excluding tert-OH is 1. The van der Waals surface area contributed by atoms with Gasteiger partial charge in [0.2, 0.25) is 0 Å². The molecule has 1 aromatic carbocycles. The Hall–Kier alpha value is -1.36. The number of hydrogen-bond acceptors (Lipinski definition) is 4. The van der Waals surface area contributed by atoms with Gasteiger partial charge in [-0.2, -0.15) is 0 Å². The number of likely N-dealkylation sites (N-methyl/N-ethyl adjacent to an activating group) is 1. The van der Waals surface area contributed by atoms with Crippen LogP contribution in [-0.4, -0.2) is 54.7 Å². The molecule has 0 spiro atoms. The Balaban J connectivity index is 1.68. The summed E-state index contributed by atoms with van der Waals surface area (Å²) in [5.74, 6) is 1.29. The van der Waals surface area contributed by atoms with E-state index in [2.05, 4.69) is 30.8 Å². The molecule has 3 atom stereocenters. The Kier molecular flexibility index (Phi) is 4.02. The largest absolute Gasteiger partial charge is 0.458 e. The summed E-state index contributed by atoms with van der Waals surface area (Å²) in [6.45, 7) is 4.94. The van der Waals surface area contributed by atoms with Gasteiger partial charge in [-0.1, -0.05) is 25.1 Å². The van der Waals surface area contributed by atoms with Gasteiger partial charge in [0.05, 0.1) is 0 Å². The summed E-state index contributed by atoms with van der Waals surface area (Å²) >= 11 is 0. The van der Waals surface area contributed by atoms with E-state index in [9.17, 15) is 5.11 Å². The van der Waals surface area contributed by atoms with Crippen molar-refractivity contribution < 1.29 is 9.52 Å². The average Bonchev–Trinajstić information content (AvgIpc) is 3.02. The maximum Gasteiger partial charge on any atom is 0.135 e. The summed E-state index contributed by atoms with van der Waals surface area (Å²) < 4.78 is 5.75. The second kappa shape index (κ2) is 5.79. The number of fused-ring (bicyclic) bond motifs is 1. The van der Waals surface area contributed by atoms with Crippen LogP contribution in [0, 0.1) is 5.92 Å². The smallest absolute Gasteiger partial charge is 0.135 e. The van der Waals surface area contributed by atoms with Crippen molar-refractivity contribution in [2.45, 2.75) is 19.1 Å². The summed E-state index contributed by atoms with van der Waals surface area (Å²) in [6.07, 6.45) is -0.564. The first-order valence-corrected chi connectivity index (χ1v) is 7.60. The number of nitrogens with zero attached hydrogens (tertiary/aromatic N) is 2. The third-order valence-corrected chi connectivity index (χ3v) is 4.52. The summed E-state index contributed by atoms with van der Waals surface area (Å²) in [7, 11) is 4.25. The molecule has 114 valence electrons. The lowest BCUT2D eigenvalue weighted by Crippen LogP contribution is -2.35. The molecule has 1 aromatic heterocycles. The number of furan rings is 1. The maximum absolute atomic E-state index is 10.4. The fourth-order valence-electron chi connectivity index (χ4n) is 3.37. The van der Waals surface area contributed by atoms with Crippen molar-refractivity contribution in [2.24, 2.45) is 5.92 Å². The molecule has 3 rings (SSSR count). The zero-order valence-corrected chi connectivity index (χ0v) is 13.0. The summed E-state index contributed by atoms with van der Waals surface area (Å²) in [5, 5.41) is 11.5. The number of hydrogen-bond donors (Lipinski definition) is 1. The van der Waals surface area contributed by atoms with Crippen molar-refractivity contribution in [3.63, 3.8) is 0 Å². The lowest BCUT2D eigenvalue weighted by molar-refractivity contribution is 0.103. The van der Waals surface area contributed by atoms with Gasteiger partial charge >= 0.3 is 0 Å². The van der Waals surface area contributed by atoms with Gasteiger partial charge in [-0.25, -0.2) is 0 Å². The van der Waals surface area contributed by atoms with Crippen molar-refractivity contribution in [1.29, 1.82) is 0 Å². The Morgan fingerprint density at radius 2 is 2.10 bits per heavy atom. The second-order valence-corrected chi connectivity index (χ2v) is 6.43. The topological polar surface area (TPSA) is 39.9 Å². The lowest BCUT2D eigenvalue weighted by atomic mass is 10.1. The minimum atomic E-state index is -0.564. The normalized spacial score (nSPS) is 25.0. The molecule has 21 heavy (non-hydrogen) atoms. The number of para-hydroxylation sites is 1. The fraction of sp³-hybridized carbons (Fsp3) is 0.529. The zero-order chi connectivity index (χ0) is 15.0. The van der Waals surface area contributed by atoms with E-state index in [4.69, 9.17) is 4.42 Å². The third-order valence-electron chi connectivity index (χ3n) is 4.52. The van der Waals surface area contributed by atoms with Gasteiger partial charge in [0.1, 0.15) is 17.4 Å². The van der Waals surface area contributed by atoms with Crippen molar-refractivity contribution >= 4 is 11.0 Å². The molecule has 2 heterocycles. The maximum atomic E-state index is 10.4. The highest BCUT2D eigenvalue weighted by Crippen LogP contribution is 2.27. The van der Waals surface area contributed by atoms with Crippen LogP contribution in [0.1, 0.15) is 18.8 Å². The van der Waals surface area contributed by atoms with Gasteiger partial charge in [0, 0.05) is 31.1 Å². The SMILES string of the molecule is CC1CN(CC(O)c2cc3ccccc3o2)CC1N(C)C. The van der Waals surface area contributed by atoms with Crippen LogP contribution in [0.15, 0.2) is 34.7 Å². The van der Waals surface area contributed by atoms with Crippen molar-refractivity contribution in [3.8, 4) is 0 Å². The molecule has 3 unspecified atom stereocenters. The van der Waals surface area contributed by atoms with E-state index >= 15 is 0 Å². The van der Waals surface area contributed by atoms with Crippen LogP contribution in [0.2, 0.25) is 0 Å². The number of benzene rings is 1. The summed E-state index contributed by atoms with van der Waals surface area (Å²) in [5.41, 5.74) is 0.840. The molecule has 0 saturated carbocycles. The van der Waals surface area contributed by atoms with Crippen LogP contribution in [0.4, 0.5) is 0 Å². The highest BCUT2D eigenvalue weighted by atomic mass is 16.4. The molecule has 1 fully saturated rings. The van der Waals surface area contributed by atoms with Crippen LogP contribution in [-0.2, 0) is 0 Å². The van der Waals surface area contributed by atoms with Crippen molar-refractivity contribution in [1.82, 2.24) is 9.80 Å². The molecular formula is C17H24N2O2. The predicted octanol–water partition coefficient (Wildman–Crippen LogP) is 2.35. The Labute approximate surface area is 125 Å². The van der Waals surface area contributed by atoms with Crippen molar-refractivity contribution in [2.75, 3.05) is 33.7 Å². The van der Waals surface area contributed by atoms with E-state index in [0.29, 0.717) is 24.3 Å². The van der Waals surface area contributed by atoms with Crippen molar-refractivity contribution in [3.05, 3.63) is 36.1 Å². The summed E-state index contributed by atoms with van der Waals surface area (Å²) in [6, 6.07) is 10.4. The molecule has 4 nitrogen and oxygen atoms in total. The molecule has 1 aliphatic rings. The molecule has 1 saturated heterocycles. The molecule has 0 radical (unpaired) electrons. The number of rotatable bonds is 4. The van der Waals surface area contributed by atoms with E-state index in [1.54, 1.807) is 0 Å². The van der Waals surface area contributed by atoms with Crippen LogP contribution >= 0.6 is 0 Å². The molecule has 0 amide bonds. The first-order valence-electron chi connectivity index (χ1n) is 7.60. The van der Waals surface area contributed by atoms with E-state index < -0.39 is 6.10 Å². The Bertz CT molecular complexity index is 575. The van der Waals surface area contributed by atoms with E-state index in [1.807, 2.05) is 30.3 Å². The van der Waals surface area contributed by atoms with Gasteiger partial charge in [-0.05, 0) is 32.1 Å². The van der Waals surface area contributed by atoms with Gasteiger partial charge in [-0.3, -0.25) is 4.90 Å². The standard InChI is InChI=1S/C17H24N2O2/c1-12-9-19(10-14(12)18(2)3)11-15(20)17-8-13-6-4-5-7-16(13)21-17/h4-8,12,14-15,20H,9-11H2,1-3H3. The average molecular weight is 288 g/mol. The Morgan fingerprint density at radius 3 is 2.76 bits per heavy atom. The first-order chi connectivity index (χ1) is 10.0. The van der Waals surface area contributed by atoms with Gasteiger partial charge in [0.15, 0.2) is 0 Å². The van der Waals surface area contributed by atoms with E-state index in [-0.39, 0.29) is 0 Å². The number of likely N-dealkylation sites (tertiary alicyclic amines) is 1. The number of aliphatic hydroxyl groups is 1. The second-order valence-electron chi connectivity index (χ2n) is 6.43. The molecule has 2 aromatic rings. The number of β-amino-alcohol motifs (C(OH)–C–C–N with tert-alkyl or cyclic N) is 1. The molecule has 4 heteroatoms.